The van der Waals surface area contributed by atoms with Crippen molar-refractivity contribution in [2.45, 2.75) is 33.3 Å². The van der Waals surface area contributed by atoms with Gasteiger partial charge in [0.2, 0.25) is 0 Å². The molecule has 0 aromatic heterocycles. The summed E-state index contributed by atoms with van der Waals surface area (Å²) < 4.78 is 10.9. The van der Waals surface area contributed by atoms with Crippen LogP contribution in [0.25, 0.3) is 0 Å². The third-order valence-electron chi connectivity index (χ3n) is 4.10. The average molecular weight is 384 g/mol. The second-order valence-electron chi connectivity index (χ2n) is 6.83. The lowest BCUT2D eigenvalue weighted by Crippen LogP contribution is -2.34. The molecule has 0 bridgehead atoms. The number of benzene rings is 2. The number of ether oxygens (including phenoxy) is 2. The van der Waals surface area contributed by atoms with Gasteiger partial charge in [-0.05, 0) is 48.7 Å². The first kappa shape index (κ1) is 21.3. The highest BCUT2D eigenvalue weighted by Crippen LogP contribution is 2.20. The van der Waals surface area contributed by atoms with Crippen molar-refractivity contribution in [3.05, 3.63) is 54.1 Å². The Kier molecular flexibility index (Phi) is 7.87. The van der Waals surface area contributed by atoms with Gasteiger partial charge in [0, 0.05) is 6.54 Å². The van der Waals surface area contributed by atoms with E-state index in [0.717, 1.165) is 0 Å². The molecule has 0 saturated heterocycles. The Morgan fingerprint density at radius 3 is 2.25 bits per heavy atom. The van der Waals surface area contributed by atoms with Gasteiger partial charge in [0.1, 0.15) is 11.5 Å². The standard InChI is InChI=1S/C22H28N2O4/c1-5-20(28-17-12-10-16(27-4)11-13-17)22(26)24-19-9-7-6-8-18(19)21(25)23-14-15(2)3/h6-13,15,20H,5,14H2,1-4H3,(H,23,25)(H,24,26)/t20-/m0/s1. The minimum atomic E-state index is -0.680. The van der Waals surface area contributed by atoms with E-state index in [-0.39, 0.29) is 11.8 Å². The van der Waals surface area contributed by atoms with Crippen molar-refractivity contribution in [3.8, 4) is 11.5 Å². The van der Waals surface area contributed by atoms with E-state index in [9.17, 15) is 9.59 Å². The molecule has 0 radical (unpaired) electrons. The van der Waals surface area contributed by atoms with E-state index in [4.69, 9.17) is 9.47 Å². The van der Waals surface area contributed by atoms with Crippen molar-refractivity contribution in [2.24, 2.45) is 5.92 Å². The van der Waals surface area contributed by atoms with Crippen molar-refractivity contribution in [1.82, 2.24) is 5.32 Å². The number of anilines is 1. The second-order valence-corrected chi connectivity index (χ2v) is 6.83. The van der Waals surface area contributed by atoms with Crippen molar-refractivity contribution in [1.29, 1.82) is 0 Å². The lowest BCUT2D eigenvalue weighted by Gasteiger charge is -2.19. The Hall–Kier alpha value is -3.02. The zero-order valence-corrected chi connectivity index (χ0v) is 16.8. The SMILES string of the molecule is CC[C@H](Oc1ccc(OC)cc1)C(=O)Nc1ccccc1C(=O)NCC(C)C. The van der Waals surface area contributed by atoms with E-state index < -0.39 is 6.10 Å². The number of hydrogen-bond donors (Lipinski definition) is 2. The summed E-state index contributed by atoms with van der Waals surface area (Å²) in [4.78, 5) is 25.2. The van der Waals surface area contributed by atoms with Crippen LogP contribution < -0.4 is 20.1 Å². The molecule has 0 unspecified atom stereocenters. The molecule has 2 N–H and O–H groups in total. The predicted molar refractivity (Wildman–Crippen MR) is 110 cm³/mol. The largest absolute Gasteiger partial charge is 0.497 e. The van der Waals surface area contributed by atoms with Gasteiger partial charge < -0.3 is 20.1 Å². The number of para-hydroxylation sites is 1. The first-order valence-electron chi connectivity index (χ1n) is 9.43. The molecular weight excluding hydrogens is 356 g/mol. The van der Waals surface area contributed by atoms with E-state index in [2.05, 4.69) is 10.6 Å². The Balaban J connectivity index is 2.08. The Bertz CT molecular complexity index is 787. The van der Waals surface area contributed by atoms with Gasteiger partial charge in [0.15, 0.2) is 6.10 Å². The van der Waals surface area contributed by atoms with Crippen LogP contribution in [0.2, 0.25) is 0 Å². The van der Waals surface area contributed by atoms with Crippen LogP contribution in [0.4, 0.5) is 5.69 Å². The molecule has 2 rings (SSSR count). The van der Waals surface area contributed by atoms with E-state index in [1.807, 2.05) is 20.8 Å². The summed E-state index contributed by atoms with van der Waals surface area (Å²) in [5.74, 6) is 1.11. The van der Waals surface area contributed by atoms with Gasteiger partial charge in [-0.3, -0.25) is 9.59 Å². The summed E-state index contributed by atoms with van der Waals surface area (Å²) in [7, 11) is 1.59. The molecule has 0 spiro atoms. The van der Waals surface area contributed by atoms with Crippen molar-refractivity contribution in [3.63, 3.8) is 0 Å². The van der Waals surface area contributed by atoms with Crippen LogP contribution in [0.5, 0.6) is 11.5 Å². The topological polar surface area (TPSA) is 76.7 Å². The summed E-state index contributed by atoms with van der Waals surface area (Å²) in [6.07, 6.45) is -0.195. The summed E-state index contributed by atoms with van der Waals surface area (Å²) in [6.45, 7) is 6.49. The maximum atomic E-state index is 12.7. The quantitative estimate of drug-likeness (QED) is 0.688. The molecule has 2 aromatic rings. The van der Waals surface area contributed by atoms with Crippen LogP contribution in [0.15, 0.2) is 48.5 Å². The van der Waals surface area contributed by atoms with Gasteiger partial charge in [-0.2, -0.15) is 0 Å². The molecule has 0 aliphatic carbocycles. The Labute approximate surface area is 166 Å². The van der Waals surface area contributed by atoms with Gasteiger partial charge in [-0.15, -0.1) is 0 Å². The lowest BCUT2D eigenvalue weighted by molar-refractivity contribution is -0.122. The van der Waals surface area contributed by atoms with Crippen molar-refractivity contribution < 1.29 is 19.1 Å². The molecular formula is C22H28N2O4. The zero-order chi connectivity index (χ0) is 20.5. The minimum absolute atomic E-state index is 0.214. The van der Waals surface area contributed by atoms with E-state index in [1.54, 1.807) is 55.6 Å². The molecule has 1 atom stereocenters. The monoisotopic (exact) mass is 384 g/mol. The first-order valence-corrected chi connectivity index (χ1v) is 9.43. The highest BCUT2D eigenvalue weighted by atomic mass is 16.5. The molecule has 6 heteroatoms. The van der Waals surface area contributed by atoms with Gasteiger partial charge in [0.25, 0.3) is 11.8 Å². The normalized spacial score (nSPS) is 11.6. The number of methoxy groups -OCH3 is 1. The molecule has 2 aromatic carbocycles. The van der Waals surface area contributed by atoms with Crippen LogP contribution in [0, 0.1) is 5.92 Å². The van der Waals surface area contributed by atoms with Crippen LogP contribution in [-0.2, 0) is 4.79 Å². The van der Waals surface area contributed by atoms with Crippen LogP contribution >= 0.6 is 0 Å². The molecule has 0 aliphatic heterocycles. The predicted octanol–water partition coefficient (Wildman–Crippen LogP) is 3.88. The number of rotatable bonds is 9. The highest BCUT2D eigenvalue weighted by Gasteiger charge is 2.21. The molecule has 28 heavy (non-hydrogen) atoms. The molecule has 2 amide bonds. The zero-order valence-electron chi connectivity index (χ0n) is 16.8. The Morgan fingerprint density at radius 1 is 1.00 bits per heavy atom. The van der Waals surface area contributed by atoms with Crippen molar-refractivity contribution in [2.75, 3.05) is 19.0 Å². The molecule has 0 fully saturated rings. The van der Waals surface area contributed by atoms with Crippen molar-refractivity contribution >= 4 is 17.5 Å². The van der Waals surface area contributed by atoms with Gasteiger partial charge in [-0.1, -0.05) is 32.9 Å². The minimum Gasteiger partial charge on any atom is -0.497 e. The van der Waals surface area contributed by atoms with Crippen LogP contribution in [0.3, 0.4) is 0 Å². The van der Waals surface area contributed by atoms with Crippen LogP contribution in [0.1, 0.15) is 37.6 Å². The summed E-state index contributed by atoms with van der Waals surface area (Å²) in [5.41, 5.74) is 0.890. The second kappa shape index (κ2) is 10.3. The van der Waals surface area contributed by atoms with Gasteiger partial charge in [-0.25, -0.2) is 0 Å². The fourth-order valence-corrected chi connectivity index (χ4v) is 2.54. The molecule has 0 aliphatic rings. The van der Waals surface area contributed by atoms with Gasteiger partial charge >= 0.3 is 0 Å². The molecule has 150 valence electrons. The summed E-state index contributed by atoms with van der Waals surface area (Å²) in [6, 6.07) is 14.0. The number of carbonyl (C=O) groups is 2. The molecule has 6 nitrogen and oxygen atoms in total. The third-order valence-corrected chi connectivity index (χ3v) is 4.10. The van der Waals surface area contributed by atoms with Gasteiger partial charge in [0.05, 0.1) is 18.4 Å². The third kappa shape index (κ3) is 6.01. The average Bonchev–Trinajstić information content (AvgIpc) is 2.70. The number of hydrogen-bond acceptors (Lipinski definition) is 4. The van der Waals surface area contributed by atoms with E-state index in [0.29, 0.717) is 41.6 Å². The maximum Gasteiger partial charge on any atom is 0.265 e. The number of nitrogens with one attached hydrogen (secondary N) is 2. The number of amides is 2. The molecule has 0 saturated carbocycles. The number of carbonyl (C=O) groups excluding carboxylic acids is 2. The van der Waals surface area contributed by atoms with E-state index >= 15 is 0 Å². The summed E-state index contributed by atoms with van der Waals surface area (Å²) in [5, 5.41) is 5.70. The van der Waals surface area contributed by atoms with E-state index in [1.165, 1.54) is 0 Å². The Morgan fingerprint density at radius 2 is 1.64 bits per heavy atom. The maximum absolute atomic E-state index is 12.7. The smallest absolute Gasteiger partial charge is 0.265 e. The fraction of sp³-hybridized carbons (Fsp3) is 0.364. The van der Waals surface area contributed by atoms with Crippen LogP contribution in [-0.4, -0.2) is 31.6 Å². The first-order chi connectivity index (χ1) is 13.4. The molecule has 0 heterocycles. The summed E-state index contributed by atoms with van der Waals surface area (Å²) >= 11 is 0. The fourth-order valence-electron chi connectivity index (χ4n) is 2.54. The lowest BCUT2D eigenvalue weighted by atomic mass is 10.1. The highest BCUT2D eigenvalue weighted by molar-refractivity contribution is 6.04.